The molecule has 3 nitrogen and oxygen atoms in total. The van der Waals surface area contributed by atoms with Crippen LogP contribution in [-0.4, -0.2) is 13.4 Å². The van der Waals surface area contributed by atoms with Gasteiger partial charge in [0.25, 0.3) is 0 Å². The first-order valence-corrected chi connectivity index (χ1v) is 7.73. The lowest BCUT2D eigenvalue weighted by atomic mass is 10.2. The van der Waals surface area contributed by atoms with Crippen LogP contribution in [0.3, 0.4) is 0 Å². The number of hydrogen-bond donors (Lipinski definition) is 0. The molecule has 4 heteroatoms. The summed E-state index contributed by atoms with van der Waals surface area (Å²) in [4.78, 5) is 4.81. The average Bonchev–Trinajstić information content (AvgIpc) is 2.47. The van der Waals surface area contributed by atoms with Gasteiger partial charge in [0.2, 0.25) is 9.84 Å². The van der Waals surface area contributed by atoms with E-state index in [4.69, 9.17) is 0 Å². The molecular weight excluding hydrogens is 270 g/mol. The molecule has 0 N–H and O–H groups in total. The third kappa shape index (κ3) is 1.98. The maximum absolute atomic E-state index is 12.8. The number of hydrogen-bond acceptors (Lipinski definition) is 3. The minimum Gasteiger partial charge on any atom is -0.255 e. The van der Waals surface area contributed by atoms with Gasteiger partial charge in [-0.15, -0.1) is 0 Å². The largest absolute Gasteiger partial charge is 0.255 e. The molecule has 0 atom stereocenters. The molecule has 0 saturated carbocycles. The van der Waals surface area contributed by atoms with E-state index in [1.807, 2.05) is 18.2 Å². The zero-order chi connectivity index (χ0) is 14.2. The molecule has 1 aromatic heterocycles. The number of fused-ring (bicyclic) bond motifs is 1. The van der Waals surface area contributed by atoms with Crippen molar-refractivity contribution in [3.05, 3.63) is 66.4 Å². The van der Waals surface area contributed by atoms with Gasteiger partial charge in [-0.1, -0.05) is 36.4 Å². The van der Waals surface area contributed by atoms with Crippen molar-refractivity contribution in [3.8, 4) is 0 Å². The third-order valence-electron chi connectivity index (χ3n) is 3.27. The summed E-state index contributed by atoms with van der Waals surface area (Å²) in [5.41, 5.74) is 1.25. The van der Waals surface area contributed by atoms with Crippen molar-refractivity contribution in [1.29, 1.82) is 0 Å². The summed E-state index contributed by atoms with van der Waals surface area (Å²) in [6.07, 6.45) is 1.61. The molecule has 0 spiro atoms. The number of pyridine rings is 1. The van der Waals surface area contributed by atoms with E-state index in [0.717, 1.165) is 10.9 Å². The fourth-order valence-corrected chi connectivity index (χ4v) is 3.94. The van der Waals surface area contributed by atoms with E-state index in [1.54, 1.807) is 49.5 Å². The van der Waals surface area contributed by atoms with Gasteiger partial charge >= 0.3 is 0 Å². The molecule has 100 valence electrons. The van der Waals surface area contributed by atoms with Crippen LogP contribution in [0.2, 0.25) is 0 Å². The molecule has 3 aromatic rings. The zero-order valence-corrected chi connectivity index (χ0v) is 11.8. The quantitative estimate of drug-likeness (QED) is 0.724. The summed E-state index contributed by atoms with van der Waals surface area (Å²) in [5, 5.41) is 0.821. The van der Waals surface area contributed by atoms with Crippen LogP contribution < -0.4 is 0 Å². The molecule has 1 heterocycles. The molecule has 0 fully saturated rings. The molecule has 20 heavy (non-hydrogen) atoms. The number of nitrogens with zero attached hydrogens (tertiary/aromatic N) is 1. The Hall–Kier alpha value is -2.20. The second kappa shape index (κ2) is 4.72. The number of aromatic nitrogens is 1. The summed E-state index contributed by atoms with van der Waals surface area (Å²) >= 11 is 0. The molecule has 0 aliphatic carbocycles. The van der Waals surface area contributed by atoms with Crippen molar-refractivity contribution in [2.45, 2.75) is 16.7 Å². The predicted molar refractivity (Wildman–Crippen MR) is 78.4 cm³/mol. The van der Waals surface area contributed by atoms with E-state index >= 15 is 0 Å². The molecular formula is C16H13NO2S. The number of sulfone groups is 1. The van der Waals surface area contributed by atoms with Crippen molar-refractivity contribution >= 4 is 20.7 Å². The molecule has 0 aliphatic rings. The highest BCUT2D eigenvalue weighted by atomic mass is 32.2. The molecule has 0 amide bonds. The first kappa shape index (κ1) is 12.8. The highest BCUT2D eigenvalue weighted by Gasteiger charge is 2.22. The average molecular weight is 283 g/mol. The lowest BCUT2D eigenvalue weighted by Gasteiger charge is -2.09. The number of para-hydroxylation sites is 1. The van der Waals surface area contributed by atoms with Crippen LogP contribution in [0, 0.1) is 6.92 Å². The summed E-state index contributed by atoms with van der Waals surface area (Å²) in [7, 11) is -3.56. The van der Waals surface area contributed by atoms with Crippen LogP contribution in [0.4, 0.5) is 0 Å². The van der Waals surface area contributed by atoms with Gasteiger partial charge < -0.3 is 0 Å². The molecule has 0 radical (unpaired) electrons. The third-order valence-corrected chi connectivity index (χ3v) is 5.21. The van der Waals surface area contributed by atoms with Crippen LogP contribution in [0.15, 0.2) is 70.6 Å². The molecule has 0 aliphatic heterocycles. The van der Waals surface area contributed by atoms with Gasteiger partial charge in [-0.3, -0.25) is 4.98 Å². The van der Waals surface area contributed by atoms with Crippen molar-refractivity contribution in [2.75, 3.05) is 0 Å². The van der Waals surface area contributed by atoms with Gasteiger partial charge in [-0.25, -0.2) is 8.42 Å². The van der Waals surface area contributed by atoms with Gasteiger partial charge in [0.05, 0.1) is 15.3 Å². The topological polar surface area (TPSA) is 47.0 Å². The SMILES string of the molecule is Cc1ccccc1S(=O)(=O)c1cccc2cccnc12. The highest BCUT2D eigenvalue weighted by Crippen LogP contribution is 2.28. The van der Waals surface area contributed by atoms with Gasteiger partial charge in [0.15, 0.2) is 0 Å². The Labute approximate surface area is 117 Å². The Kier molecular flexibility index (Phi) is 3.03. The minimum absolute atomic E-state index is 0.255. The lowest BCUT2D eigenvalue weighted by molar-refractivity contribution is 0.596. The zero-order valence-electron chi connectivity index (χ0n) is 10.9. The van der Waals surface area contributed by atoms with E-state index in [-0.39, 0.29) is 4.90 Å². The predicted octanol–water partition coefficient (Wildman–Crippen LogP) is 3.38. The number of rotatable bonds is 2. The minimum atomic E-state index is -3.56. The van der Waals surface area contributed by atoms with Crippen molar-refractivity contribution in [3.63, 3.8) is 0 Å². The fourth-order valence-electron chi connectivity index (χ4n) is 2.27. The highest BCUT2D eigenvalue weighted by molar-refractivity contribution is 7.91. The summed E-state index contributed by atoms with van der Waals surface area (Å²) < 4.78 is 25.7. The first-order chi connectivity index (χ1) is 9.60. The Balaban J connectivity index is 2.33. The molecule has 0 saturated heterocycles. The Morgan fingerprint density at radius 2 is 1.55 bits per heavy atom. The molecule has 0 bridgehead atoms. The van der Waals surface area contributed by atoms with Crippen LogP contribution in [0.5, 0.6) is 0 Å². The summed E-state index contributed by atoms with van der Waals surface area (Å²) in [5.74, 6) is 0. The number of aryl methyl sites for hydroxylation is 1. The van der Waals surface area contributed by atoms with E-state index < -0.39 is 9.84 Å². The molecule has 2 aromatic carbocycles. The molecule has 0 unspecified atom stereocenters. The Morgan fingerprint density at radius 3 is 2.35 bits per heavy atom. The maximum atomic E-state index is 12.8. The normalized spacial score (nSPS) is 11.7. The van der Waals surface area contributed by atoms with Crippen LogP contribution in [0.25, 0.3) is 10.9 Å². The van der Waals surface area contributed by atoms with Crippen molar-refractivity contribution in [1.82, 2.24) is 4.98 Å². The summed E-state index contributed by atoms with van der Waals surface area (Å²) in [6.45, 7) is 1.80. The smallest absolute Gasteiger partial charge is 0.209 e. The van der Waals surface area contributed by atoms with Crippen molar-refractivity contribution < 1.29 is 8.42 Å². The maximum Gasteiger partial charge on any atom is 0.209 e. The van der Waals surface area contributed by atoms with E-state index in [1.165, 1.54) is 0 Å². The van der Waals surface area contributed by atoms with Crippen molar-refractivity contribution in [2.24, 2.45) is 0 Å². The van der Waals surface area contributed by atoms with Crippen LogP contribution in [-0.2, 0) is 9.84 Å². The second-order valence-corrected chi connectivity index (χ2v) is 6.49. The Morgan fingerprint density at radius 1 is 0.850 bits per heavy atom. The van der Waals surface area contributed by atoms with Crippen LogP contribution >= 0.6 is 0 Å². The fraction of sp³-hybridized carbons (Fsp3) is 0.0625. The lowest BCUT2D eigenvalue weighted by Crippen LogP contribution is -2.05. The molecule has 3 rings (SSSR count). The van der Waals surface area contributed by atoms with Gasteiger partial charge in [0.1, 0.15) is 0 Å². The van der Waals surface area contributed by atoms with Crippen LogP contribution in [0.1, 0.15) is 5.56 Å². The Bertz CT molecular complexity index is 880. The first-order valence-electron chi connectivity index (χ1n) is 6.25. The summed E-state index contributed by atoms with van der Waals surface area (Å²) in [6, 6.07) is 15.9. The second-order valence-electron chi connectivity index (χ2n) is 4.60. The van der Waals surface area contributed by atoms with E-state index in [0.29, 0.717) is 10.4 Å². The van der Waals surface area contributed by atoms with E-state index in [2.05, 4.69) is 4.98 Å². The van der Waals surface area contributed by atoms with Gasteiger partial charge in [0, 0.05) is 11.6 Å². The van der Waals surface area contributed by atoms with E-state index in [9.17, 15) is 8.42 Å². The number of benzene rings is 2. The monoisotopic (exact) mass is 283 g/mol. The standard InChI is InChI=1S/C16H13NO2S/c1-12-6-2-3-9-14(12)20(18,19)15-10-4-7-13-8-5-11-17-16(13)15/h2-11H,1H3. The van der Waals surface area contributed by atoms with Gasteiger partial charge in [-0.2, -0.15) is 0 Å². The van der Waals surface area contributed by atoms with Gasteiger partial charge in [-0.05, 0) is 30.7 Å².